The Kier molecular flexibility index (Phi) is 6.35. The predicted molar refractivity (Wildman–Crippen MR) is 72.9 cm³/mol. The molecule has 0 aliphatic rings. The van der Waals surface area contributed by atoms with Crippen LogP contribution in [0.15, 0.2) is 42.5 Å². The summed E-state index contributed by atoms with van der Waals surface area (Å²) in [6.07, 6.45) is -1.72. The van der Waals surface area contributed by atoms with Crippen molar-refractivity contribution in [2.75, 3.05) is 0 Å². The standard InChI is InChI=1S/C15H19FO4/c1-10(12(17)8-5-9-13(18)19)15(20)14(16)11-6-3-2-4-7-11/h2-7,9-10,12,14-15,17,20H,8H2,1H3,(H,18,19)/b9-5+. The second-order valence-corrected chi connectivity index (χ2v) is 4.71. The average Bonchev–Trinajstić information content (AvgIpc) is 2.45. The molecule has 0 aromatic heterocycles. The van der Waals surface area contributed by atoms with Crippen LogP contribution in [-0.4, -0.2) is 33.5 Å². The molecular weight excluding hydrogens is 263 g/mol. The third kappa shape index (κ3) is 4.75. The highest BCUT2D eigenvalue weighted by Crippen LogP contribution is 2.28. The molecule has 110 valence electrons. The average molecular weight is 282 g/mol. The van der Waals surface area contributed by atoms with Crippen molar-refractivity contribution in [2.24, 2.45) is 5.92 Å². The summed E-state index contributed by atoms with van der Waals surface area (Å²) in [5.41, 5.74) is 0.347. The van der Waals surface area contributed by atoms with Crippen molar-refractivity contribution in [1.82, 2.24) is 0 Å². The van der Waals surface area contributed by atoms with Gasteiger partial charge in [0.2, 0.25) is 0 Å². The lowest BCUT2D eigenvalue weighted by Gasteiger charge is -2.26. The van der Waals surface area contributed by atoms with Gasteiger partial charge in [-0.2, -0.15) is 0 Å². The molecule has 0 aliphatic carbocycles. The van der Waals surface area contributed by atoms with E-state index in [-0.39, 0.29) is 6.42 Å². The zero-order valence-electron chi connectivity index (χ0n) is 11.2. The second-order valence-electron chi connectivity index (χ2n) is 4.71. The summed E-state index contributed by atoms with van der Waals surface area (Å²) in [6.45, 7) is 1.53. The first kappa shape index (κ1) is 16.3. The molecule has 0 saturated heterocycles. The molecule has 0 saturated carbocycles. The van der Waals surface area contributed by atoms with Gasteiger partial charge in [0.25, 0.3) is 0 Å². The number of aliphatic hydroxyl groups excluding tert-OH is 2. The maximum Gasteiger partial charge on any atom is 0.327 e. The van der Waals surface area contributed by atoms with Gasteiger partial charge < -0.3 is 15.3 Å². The molecule has 1 aromatic rings. The fourth-order valence-electron chi connectivity index (χ4n) is 1.85. The van der Waals surface area contributed by atoms with Gasteiger partial charge in [0.15, 0.2) is 6.17 Å². The number of aliphatic carboxylic acids is 1. The van der Waals surface area contributed by atoms with Gasteiger partial charge in [-0.25, -0.2) is 9.18 Å². The van der Waals surface area contributed by atoms with Crippen LogP contribution in [0.1, 0.15) is 25.1 Å². The Balaban J connectivity index is 2.61. The molecular formula is C15H19FO4. The van der Waals surface area contributed by atoms with Crippen LogP contribution in [0, 0.1) is 5.92 Å². The van der Waals surface area contributed by atoms with Crippen molar-refractivity contribution >= 4 is 5.97 Å². The van der Waals surface area contributed by atoms with Crippen molar-refractivity contribution in [3.8, 4) is 0 Å². The SMILES string of the molecule is CC(C(O)C/C=C/C(=O)O)C(O)C(F)c1ccccc1. The van der Waals surface area contributed by atoms with Crippen LogP contribution in [0.2, 0.25) is 0 Å². The Morgan fingerprint density at radius 1 is 1.30 bits per heavy atom. The normalized spacial score (nSPS) is 17.6. The molecule has 5 heteroatoms. The Hall–Kier alpha value is -1.72. The highest BCUT2D eigenvalue weighted by Gasteiger charge is 2.30. The maximum absolute atomic E-state index is 14.1. The minimum Gasteiger partial charge on any atom is -0.478 e. The first-order chi connectivity index (χ1) is 9.43. The Labute approximate surface area is 117 Å². The van der Waals surface area contributed by atoms with E-state index in [1.165, 1.54) is 13.0 Å². The smallest absolute Gasteiger partial charge is 0.327 e. The van der Waals surface area contributed by atoms with Gasteiger partial charge in [-0.05, 0) is 12.0 Å². The molecule has 0 spiro atoms. The molecule has 0 aliphatic heterocycles. The first-order valence-electron chi connectivity index (χ1n) is 6.38. The van der Waals surface area contributed by atoms with Crippen molar-refractivity contribution in [2.45, 2.75) is 31.7 Å². The summed E-state index contributed by atoms with van der Waals surface area (Å²) in [6, 6.07) is 8.23. The van der Waals surface area contributed by atoms with Gasteiger partial charge in [0, 0.05) is 12.0 Å². The number of halogens is 1. The van der Waals surface area contributed by atoms with Crippen LogP contribution >= 0.6 is 0 Å². The van der Waals surface area contributed by atoms with Crippen molar-refractivity contribution < 1.29 is 24.5 Å². The number of benzene rings is 1. The summed E-state index contributed by atoms with van der Waals surface area (Å²) in [5, 5.41) is 28.2. The van der Waals surface area contributed by atoms with Crippen molar-refractivity contribution in [3.63, 3.8) is 0 Å². The number of carboxylic acids is 1. The predicted octanol–water partition coefficient (Wildman–Crippen LogP) is 2.09. The number of carbonyl (C=O) groups is 1. The molecule has 4 nitrogen and oxygen atoms in total. The van der Waals surface area contributed by atoms with Crippen LogP contribution in [0.3, 0.4) is 0 Å². The zero-order chi connectivity index (χ0) is 15.1. The van der Waals surface area contributed by atoms with E-state index in [1.807, 2.05) is 0 Å². The van der Waals surface area contributed by atoms with Gasteiger partial charge in [0.1, 0.15) is 0 Å². The number of alkyl halides is 1. The van der Waals surface area contributed by atoms with E-state index in [1.54, 1.807) is 30.3 Å². The Morgan fingerprint density at radius 2 is 1.90 bits per heavy atom. The quantitative estimate of drug-likeness (QED) is 0.669. The molecule has 0 heterocycles. The second kappa shape index (κ2) is 7.77. The van der Waals surface area contributed by atoms with E-state index in [4.69, 9.17) is 5.11 Å². The molecule has 1 rings (SSSR count). The van der Waals surface area contributed by atoms with Crippen LogP contribution < -0.4 is 0 Å². The number of hydrogen-bond donors (Lipinski definition) is 3. The lowest BCUT2D eigenvalue weighted by atomic mass is 9.90. The fourth-order valence-corrected chi connectivity index (χ4v) is 1.85. The summed E-state index contributed by atoms with van der Waals surface area (Å²) in [5.74, 6) is -1.83. The summed E-state index contributed by atoms with van der Waals surface area (Å²) < 4.78 is 14.1. The molecule has 4 unspecified atom stereocenters. The van der Waals surface area contributed by atoms with E-state index in [2.05, 4.69) is 0 Å². The first-order valence-corrected chi connectivity index (χ1v) is 6.38. The third-order valence-electron chi connectivity index (χ3n) is 3.20. The van der Waals surface area contributed by atoms with E-state index in [0.29, 0.717) is 5.56 Å². The van der Waals surface area contributed by atoms with E-state index in [9.17, 15) is 19.4 Å². The lowest BCUT2D eigenvalue weighted by Crippen LogP contribution is -2.32. The van der Waals surface area contributed by atoms with E-state index >= 15 is 0 Å². The van der Waals surface area contributed by atoms with Gasteiger partial charge in [-0.1, -0.05) is 43.3 Å². The maximum atomic E-state index is 14.1. The number of hydrogen-bond acceptors (Lipinski definition) is 3. The number of aliphatic hydroxyl groups is 2. The van der Waals surface area contributed by atoms with Gasteiger partial charge in [0.05, 0.1) is 12.2 Å². The largest absolute Gasteiger partial charge is 0.478 e. The van der Waals surface area contributed by atoms with Crippen molar-refractivity contribution in [3.05, 3.63) is 48.0 Å². The summed E-state index contributed by atoms with van der Waals surface area (Å²) in [4.78, 5) is 10.3. The monoisotopic (exact) mass is 282 g/mol. The Morgan fingerprint density at radius 3 is 2.45 bits per heavy atom. The van der Waals surface area contributed by atoms with Crippen LogP contribution in [0.25, 0.3) is 0 Å². The minimum atomic E-state index is -1.59. The summed E-state index contributed by atoms with van der Waals surface area (Å²) >= 11 is 0. The van der Waals surface area contributed by atoms with Gasteiger partial charge >= 0.3 is 5.97 Å². The zero-order valence-corrected chi connectivity index (χ0v) is 11.2. The molecule has 0 amide bonds. The van der Waals surface area contributed by atoms with Crippen molar-refractivity contribution in [1.29, 1.82) is 0 Å². The molecule has 0 bridgehead atoms. The van der Waals surface area contributed by atoms with Gasteiger partial charge in [-0.15, -0.1) is 0 Å². The molecule has 4 atom stereocenters. The lowest BCUT2D eigenvalue weighted by molar-refractivity contribution is -0.131. The molecule has 3 N–H and O–H groups in total. The Bertz CT molecular complexity index is 446. The molecule has 20 heavy (non-hydrogen) atoms. The highest BCUT2D eigenvalue weighted by atomic mass is 19.1. The fraction of sp³-hybridized carbons (Fsp3) is 0.400. The molecule has 0 radical (unpaired) electrons. The highest BCUT2D eigenvalue weighted by molar-refractivity contribution is 5.79. The van der Waals surface area contributed by atoms with Gasteiger partial charge in [-0.3, -0.25) is 0 Å². The molecule has 0 fully saturated rings. The summed E-state index contributed by atoms with van der Waals surface area (Å²) in [7, 11) is 0. The molecule has 1 aromatic carbocycles. The topological polar surface area (TPSA) is 77.8 Å². The van der Waals surface area contributed by atoms with Crippen LogP contribution in [0.4, 0.5) is 4.39 Å². The third-order valence-corrected chi connectivity index (χ3v) is 3.20. The van der Waals surface area contributed by atoms with E-state index in [0.717, 1.165) is 6.08 Å². The van der Waals surface area contributed by atoms with Crippen LogP contribution in [0.5, 0.6) is 0 Å². The number of carboxylic acid groups (broad SMARTS) is 1. The number of rotatable bonds is 7. The minimum absolute atomic E-state index is 0.0477. The van der Waals surface area contributed by atoms with E-state index < -0.39 is 30.3 Å². The van der Waals surface area contributed by atoms with Crippen LogP contribution in [-0.2, 0) is 4.79 Å².